The maximum Gasteiger partial charge on any atom is 0.306 e. The smallest absolute Gasteiger partial charge is 0.306 e. The predicted molar refractivity (Wildman–Crippen MR) is 107 cm³/mol. The van der Waals surface area contributed by atoms with E-state index in [1.54, 1.807) is 31.2 Å². The Morgan fingerprint density at radius 2 is 2.00 bits per heavy atom. The number of rotatable bonds is 6. The number of aromatic nitrogens is 1. The minimum Gasteiger partial charge on any atom is -0.505 e. The van der Waals surface area contributed by atoms with Crippen molar-refractivity contribution in [3.63, 3.8) is 0 Å². The minimum absolute atomic E-state index is 0.0395. The van der Waals surface area contributed by atoms with E-state index in [4.69, 9.17) is 5.11 Å². The Morgan fingerprint density at radius 1 is 1.22 bits per heavy atom. The highest BCUT2D eigenvalue weighted by Crippen LogP contribution is 2.30. The molecule has 0 spiro atoms. The van der Waals surface area contributed by atoms with Gasteiger partial charge in [0.05, 0.1) is 11.6 Å². The number of phenols is 1. The summed E-state index contributed by atoms with van der Waals surface area (Å²) in [5, 5.41) is 23.0. The van der Waals surface area contributed by atoms with Crippen molar-refractivity contribution in [3.05, 3.63) is 58.2 Å². The number of aryl methyl sites for hydroxylation is 1. The summed E-state index contributed by atoms with van der Waals surface area (Å²) in [7, 11) is 0. The number of carbonyl (C=O) groups is 2. The summed E-state index contributed by atoms with van der Waals surface area (Å²) < 4.78 is 0.918. The predicted octanol–water partition coefficient (Wildman–Crippen LogP) is 4.54. The second-order valence-corrected chi connectivity index (χ2v) is 7.38. The van der Waals surface area contributed by atoms with Crippen LogP contribution in [0.25, 0.3) is 10.9 Å². The summed E-state index contributed by atoms with van der Waals surface area (Å²) in [5.74, 6) is -1.78. The lowest BCUT2D eigenvalue weighted by Crippen LogP contribution is -2.13. The first-order valence-electron chi connectivity index (χ1n) is 8.48. The number of hydrogen-bond acceptors (Lipinski definition) is 3. The molecule has 0 unspecified atom stereocenters. The zero-order valence-electron chi connectivity index (χ0n) is 14.6. The Balaban J connectivity index is 1.77. The molecule has 1 heterocycles. The summed E-state index contributed by atoms with van der Waals surface area (Å²) in [5.41, 5.74) is 2.11. The third-order valence-corrected chi connectivity index (χ3v) is 4.96. The van der Waals surface area contributed by atoms with Gasteiger partial charge >= 0.3 is 5.97 Å². The topological polar surface area (TPSA) is 102 Å². The Morgan fingerprint density at radius 3 is 2.74 bits per heavy atom. The average Bonchev–Trinajstić information content (AvgIpc) is 3.05. The monoisotopic (exact) mass is 430 g/mol. The van der Waals surface area contributed by atoms with Gasteiger partial charge in [-0.15, -0.1) is 0 Å². The summed E-state index contributed by atoms with van der Waals surface area (Å²) in [4.78, 5) is 26.5. The molecule has 1 atom stereocenters. The molecular weight excluding hydrogens is 412 g/mol. The van der Waals surface area contributed by atoms with Crippen molar-refractivity contribution in [3.8, 4) is 5.75 Å². The average molecular weight is 431 g/mol. The Labute approximate surface area is 164 Å². The molecule has 0 bridgehead atoms. The summed E-state index contributed by atoms with van der Waals surface area (Å²) in [6.45, 7) is 1.62. The molecule has 6 nitrogen and oxygen atoms in total. The van der Waals surface area contributed by atoms with Gasteiger partial charge in [-0.1, -0.05) is 35.0 Å². The fraction of sp³-hybridized carbons (Fsp3) is 0.200. The molecule has 0 saturated heterocycles. The number of H-pyrrole nitrogens is 1. The number of fused-ring (bicyclic) bond motifs is 1. The zero-order valence-corrected chi connectivity index (χ0v) is 16.2. The van der Waals surface area contributed by atoms with Crippen LogP contribution in [0.4, 0.5) is 5.69 Å². The number of nitrogens with one attached hydrogen (secondary N) is 2. The van der Waals surface area contributed by atoms with Crippen LogP contribution in [0.1, 0.15) is 29.4 Å². The van der Waals surface area contributed by atoms with Crippen LogP contribution in [0, 0.1) is 5.92 Å². The molecule has 7 heteroatoms. The van der Waals surface area contributed by atoms with Crippen LogP contribution in [0.2, 0.25) is 0 Å². The molecule has 3 aromatic rings. The highest BCUT2D eigenvalue weighted by atomic mass is 79.9. The number of halogens is 1. The second kappa shape index (κ2) is 7.84. The van der Waals surface area contributed by atoms with Crippen LogP contribution >= 0.6 is 15.9 Å². The summed E-state index contributed by atoms with van der Waals surface area (Å²) >= 11 is 3.40. The van der Waals surface area contributed by atoms with Crippen LogP contribution in [0.3, 0.4) is 0 Å². The van der Waals surface area contributed by atoms with Gasteiger partial charge in [-0.05, 0) is 48.7 Å². The van der Waals surface area contributed by atoms with E-state index in [9.17, 15) is 14.7 Å². The molecule has 0 saturated carbocycles. The van der Waals surface area contributed by atoms with E-state index >= 15 is 0 Å². The molecule has 4 N–H and O–H groups in total. The number of aromatic hydroxyl groups is 1. The number of phenolic OH excluding ortho intramolecular Hbond substituents is 1. The highest BCUT2D eigenvalue weighted by molar-refractivity contribution is 9.10. The van der Waals surface area contributed by atoms with Crippen molar-refractivity contribution >= 4 is 44.4 Å². The number of aliphatic carboxylic acids is 1. The number of benzene rings is 2. The van der Waals surface area contributed by atoms with Gasteiger partial charge in [0.15, 0.2) is 0 Å². The van der Waals surface area contributed by atoms with Crippen LogP contribution < -0.4 is 5.32 Å². The maximum atomic E-state index is 12.5. The third-order valence-electron chi connectivity index (χ3n) is 4.46. The molecule has 1 aromatic heterocycles. The van der Waals surface area contributed by atoms with Crippen molar-refractivity contribution in [1.29, 1.82) is 0 Å². The number of carbonyl (C=O) groups excluding carboxylic acids is 1. The van der Waals surface area contributed by atoms with Crippen LogP contribution in [-0.2, 0) is 11.2 Å². The molecule has 0 aliphatic carbocycles. The molecule has 140 valence electrons. The fourth-order valence-corrected chi connectivity index (χ4v) is 3.18. The fourth-order valence-electron chi connectivity index (χ4n) is 2.80. The minimum atomic E-state index is -0.871. The normalized spacial score (nSPS) is 12.1. The van der Waals surface area contributed by atoms with E-state index in [1.165, 1.54) is 0 Å². The lowest BCUT2D eigenvalue weighted by Gasteiger charge is -2.12. The first-order valence-corrected chi connectivity index (χ1v) is 9.27. The van der Waals surface area contributed by atoms with E-state index in [2.05, 4.69) is 26.2 Å². The van der Waals surface area contributed by atoms with E-state index in [1.807, 2.05) is 18.2 Å². The Kier molecular flexibility index (Phi) is 5.51. The van der Waals surface area contributed by atoms with Crippen LogP contribution in [0.5, 0.6) is 5.75 Å². The third kappa shape index (κ3) is 4.31. The molecule has 0 radical (unpaired) electrons. The van der Waals surface area contributed by atoms with Crippen molar-refractivity contribution in [1.82, 2.24) is 4.98 Å². The summed E-state index contributed by atoms with van der Waals surface area (Å²) in [6, 6.07) is 12.5. The van der Waals surface area contributed by atoms with Gasteiger partial charge < -0.3 is 20.5 Å². The molecule has 2 aromatic carbocycles. The van der Waals surface area contributed by atoms with Crippen molar-refractivity contribution in [2.75, 3.05) is 5.32 Å². The van der Waals surface area contributed by atoms with Crippen LogP contribution in [-0.4, -0.2) is 27.1 Å². The molecule has 0 fully saturated rings. The number of carboxylic acids is 1. The number of anilines is 1. The van der Waals surface area contributed by atoms with E-state index < -0.39 is 11.9 Å². The Hall–Kier alpha value is -2.80. The lowest BCUT2D eigenvalue weighted by molar-refractivity contribution is -0.141. The standard InChI is InChI=1S/C20H19BrN2O4/c1-11(20(26)27)5-6-12-3-2-4-16(18(12)24)23-19(25)17-10-13-9-14(21)7-8-15(13)22-17/h2-4,7-11,22,24H,5-6H2,1H3,(H,23,25)(H,26,27)/t11-/m1/s1. The molecule has 1 amide bonds. The number of para-hydroxylation sites is 1. The van der Waals surface area contributed by atoms with Crippen molar-refractivity contribution in [2.24, 2.45) is 5.92 Å². The van der Waals surface area contributed by atoms with Crippen LogP contribution in [0.15, 0.2) is 46.9 Å². The van der Waals surface area contributed by atoms with Gasteiger partial charge in [-0.3, -0.25) is 9.59 Å². The quantitative estimate of drug-likeness (QED) is 0.431. The van der Waals surface area contributed by atoms with Crippen molar-refractivity contribution in [2.45, 2.75) is 19.8 Å². The van der Waals surface area contributed by atoms with E-state index in [0.29, 0.717) is 29.8 Å². The van der Waals surface area contributed by atoms with Gasteiger partial charge in [0, 0.05) is 15.4 Å². The van der Waals surface area contributed by atoms with Gasteiger partial charge in [-0.2, -0.15) is 0 Å². The SMILES string of the molecule is C[C@H](CCc1cccc(NC(=O)c2cc3cc(Br)ccc3[nH]2)c1O)C(=O)O. The molecule has 3 rings (SSSR count). The number of aromatic amines is 1. The molecular formula is C20H19BrN2O4. The first-order chi connectivity index (χ1) is 12.8. The van der Waals surface area contributed by atoms with Gasteiger partial charge in [-0.25, -0.2) is 0 Å². The molecule has 0 aliphatic rings. The van der Waals surface area contributed by atoms with Gasteiger partial charge in [0.25, 0.3) is 5.91 Å². The number of amides is 1. The van der Waals surface area contributed by atoms with E-state index in [0.717, 1.165) is 15.4 Å². The van der Waals surface area contributed by atoms with Gasteiger partial charge in [0.2, 0.25) is 0 Å². The molecule has 27 heavy (non-hydrogen) atoms. The van der Waals surface area contributed by atoms with E-state index in [-0.39, 0.29) is 11.7 Å². The largest absolute Gasteiger partial charge is 0.505 e. The lowest BCUT2D eigenvalue weighted by atomic mass is 10.00. The first kappa shape index (κ1) is 19.0. The highest BCUT2D eigenvalue weighted by Gasteiger charge is 2.16. The number of hydrogen-bond donors (Lipinski definition) is 4. The van der Waals surface area contributed by atoms with Gasteiger partial charge in [0.1, 0.15) is 11.4 Å². The second-order valence-electron chi connectivity index (χ2n) is 6.46. The molecule has 0 aliphatic heterocycles. The Bertz CT molecular complexity index is 1010. The summed E-state index contributed by atoms with van der Waals surface area (Å²) in [6.07, 6.45) is 0.806. The number of carboxylic acid groups (broad SMARTS) is 1. The maximum absolute atomic E-state index is 12.5. The zero-order chi connectivity index (χ0) is 19.6. The van der Waals surface area contributed by atoms with Crippen molar-refractivity contribution < 1.29 is 19.8 Å².